The van der Waals surface area contributed by atoms with Gasteiger partial charge in [0.15, 0.2) is 0 Å². The van der Waals surface area contributed by atoms with E-state index in [9.17, 15) is 4.79 Å². The second kappa shape index (κ2) is 8.02. The number of nitrogens with zero attached hydrogens (tertiary/aromatic N) is 3. The van der Waals surface area contributed by atoms with Crippen molar-refractivity contribution in [3.8, 4) is 11.5 Å². The first-order valence-electron chi connectivity index (χ1n) is 7.42. The standard InChI is InChI=1S/C17H15N5O2S/c1-12(23)19-16-21-22-17(25-16)20-18-11-13-6-5-9-15(10-13)24-14-7-3-2-4-8-14/h2-11H,1H3,(H,20,22)(H,19,21,23)/b18-11-. The summed E-state index contributed by atoms with van der Waals surface area (Å²) in [5.41, 5.74) is 3.65. The number of hydrazone groups is 1. The summed E-state index contributed by atoms with van der Waals surface area (Å²) in [5.74, 6) is 1.30. The fraction of sp³-hybridized carbons (Fsp3) is 0.0588. The second-order valence-corrected chi connectivity index (χ2v) is 5.93. The number of para-hydroxylation sites is 1. The second-order valence-electron chi connectivity index (χ2n) is 4.95. The number of hydrogen-bond donors (Lipinski definition) is 2. The summed E-state index contributed by atoms with van der Waals surface area (Å²) in [4.78, 5) is 11.0. The maximum Gasteiger partial charge on any atom is 0.227 e. The van der Waals surface area contributed by atoms with E-state index in [0.29, 0.717) is 10.3 Å². The molecular formula is C17H15N5O2S. The maximum absolute atomic E-state index is 11.0. The molecule has 126 valence electrons. The number of ether oxygens (including phenoxy) is 1. The number of amides is 1. The van der Waals surface area contributed by atoms with Crippen molar-refractivity contribution >= 4 is 33.7 Å². The van der Waals surface area contributed by atoms with Gasteiger partial charge >= 0.3 is 0 Å². The zero-order valence-corrected chi connectivity index (χ0v) is 14.2. The minimum Gasteiger partial charge on any atom is -0.457 e. The van der Waals surface area contributed by atoms with Crippen molar-refractivity contribution in [3.63, 3.8) is 0 Å². The third-order valence-electron chi connectivity index (χ3n) is 2.92. The number of carbonyl (C=O) groups excluding carboxylic acids is 1. The smallest absolute Gasteiger partial charge is 0.227 e. The van der Waals surface area contributed by atoms with Crippen LogP contribution in [-0.4, -0.2) is 22.3 Å². The molecule has 3 aromatic rings. The van der Waals surface area contributed by atoms with Crippen LogP contribution < -0.4 is 15.5 Å². The first-order chi connectivity index (χ1) is 12.2. The SMILES string of the molecule is CC(=O)Nc1nnc(N/N=C\c2cccc(Oc3ccccc3)c2)s1. The van der Waals surface area contributed by atoms with Crippen molar-refractivity contribution in [2.45, 2.75) is 6.92 Å². The van der Waals surface area contributed by atoms with Gasteiger partial charge in [-0.2, -0.15) is 5.10 Å². The monoisotopic (exact) mass is 353 g/mol. The molecule has 1 heterocycles. The largest absolute Gasteiger partial charge is 0.457 e. The minimum absolute atomic E-state index is 0.193. The number of nitrogens with one attached hydrogen (secondary N) is 2. The van der Waals surface area contributed by atoms with Crippen LogP contribution in [0.4, 0.5) is 10.3 Å². The van der Waals surface area contributed by atoms with E-state index >= 15 is 0 Å². The number of carbonyl (C=O) groups is 1. The average molecular weight is 353 g/mol. The Bertz CT molecular complexity index is 880. The fourth-order valence-corrected chi connectivity index (χ4v) is 2.55. The van der Waals surface area contributed by atoms with Crippen LogP contribution in [-0.2, 0) is 4.79 Å². The molecule has 3 rings (SSSR count). The van der Waals surface area contributed by atoms with Crippen molar-refractivity contribution < 1.29 is 9.53 Å². The van der Waals surface area contributed by atoms with Gasteiger partial charge in [0.2, 0.25) is 16.2 Å². The van der Waals surface area contributed by atoms with Gasteiger partial charge in [0.05, 0.1) is 6.21 Å². The van der Waals surface area contributed by atoms with Crippen LogP contribution in [0.2, 0.25) is 0 Å². The van der Waals surface area contributed by atoms with Crippen LogP contribution in [0.3, 0.4) is 0 Å². The van der Waals surface area contributed by atoms with Gasteiger partial charge in [0.1, 0.15) is 11.5 Å². The number of benzene rings is 2. The van der Waals surface area contributed by atoms with Gasteiger partial charge in [-0.3, -0.25) is 10.2 Å². The first-order valence-corrected chi connectivity index (χ1v) is 8.24. The van der Waals surface area contributed by atoms with Crippen LogP contribution in [0.25, 0.3) is 0 Å². The Morgan fingerprint density at radius 3 is 2.64 bits per heavy atom. The lowest BCUT2D eigenvalue weighted by molar-refractivity contribution is -0.114. The molecule has 0 aliphatic carbocycles. The molecule has 2 N–H and O–H groups in total. The zero-order valence-electron chi connectivity index (χ0n) is 13.3. The molecular weight excluding hydrogens is 338 g/mol. The highest BCUT2D eigenvalue weighted by Gasteiger charge is 2.03. The Hall–Kier alpha value is -3.26. The highest BCUT2D eigenvalue weighted by molar-refractivity contribution is 7.19. The molecule has 0 unspecified atom stereocenters. The Morgan fingerprint density at radius 2 is 1.84 bits per heavy atom. The first kappa shape index (κ1) is 16.6. The Balaban J connectivity index is 1.60. The van der Waals surface area contributed by atoms with Gasteiger partial charge in [-0.15, -0.1) is 10.2 Å². The maximum atomic E-state index is 11.0. The predicted molar refractivity (Wildman–Crippen MR) is 98.4 cm³/mol. The van der Waals surface area contributed by atoms with Crippen LogP contribution in [0, 0.1) is 0 Å². The summed E-state index contributed by atoms with van der Waals surface area (Å²) in [6.07, 6.45) is 1.65. The zero-order chi connectivity index (χ0) is 17.5. The minimum atomic E-state index is -0.193. The summed E-state index contributed by atoms with van der Waals surface area (Å²) in [6.45, 7) is 1.41. The Morgan fingerprint density at radius 1 is 1.08 bits per heavy atom. The quantitative estimate of drug-likeness (QED) is 0.521. The van der Waals surface area contributed by atoms with Crippen LogP contribution in [0.5, 0.6) is 11.5 Å². The van der Waals surface area contributed by atoms with Gasteiger partial charge < -0.3 is 10.1 Å². The number of aromatic nitrogens is 2. The van der Waals surface area contributed by atoms with E-state index < -0.39 is 0 Å². The van der Waals surface area contributed by atoms with Crippen LogP contribution in [0.1, 0.15) is 12.5 Å². The highest BCUT2D eigenvalue weighted by atomic mass is 32.1. The van der Waals surface area contributed by atoms with E-state index in [2.05, 4.69) is 26.0 Å². The van der Waals surface area contributed by atoms with Crippen molar-refractivity contribution in [2.75, 3.05) is 10.7 Å². The molecule has 2 aromatic carbocycles. The lowest BCUT2D eigenvalue weighted by Gasteiger charge is -2.05. The molecule has 1 aromatic heterocycles. The van der Waals surface area contributed by atoms with Crippen LogP contribution in [0.15, 0.2) is 59.7 Å². The fourth-order valence-electron chi connectivity index (χ4n) is 1.91. The van der Waals surface area contributed by atoms with Crippen molar-refractivity contribution in [1.82, 2.24) is 10.2 Å². The van der Waals surface area contributed by atoms with Crippen molar-refractivity contribution in [2.24, 2.45) is 5.10 Å². The molecule has 0 spiro atoms. The number of rotatable bonds is 6. The molecule has 25 heavy (non-hydrogen) atoms. The van der Waals surface area contributed by atoms with E-state index in [-0.39, 0.29) is 5.91 Å². The number of hydrogen-bond acceptors (Lipinski definition) is 7. The van der Waals surface area contributed by atoms with Crippen molar-refractivity contribution in [3.05, 3.63) is 60.2 Å². The molecule has 1 amide bonds. The molecule has 7 nitrogen and oxygen atoms in total. The molecule has 0 fully saturated rings. The Kier molecular flexibility index (Phi) is 5.32. The number of anilines is 2. The molecule has 0 aliphatic rings. The Labute approximate surface area is 148 Å². The molecule has 0 saturated carbocycles. The molecule has 0 bridgehead atoms. The summed E-state index contributed by atoms with van der Waals surface area (Å²) in [7, 11) is 0. The molecule has 0 atom stereocenters. The topological polar surface area (TPSA) is 88.5 Å². The highest BCUT2D eigenvalue weighted by Crippen LogP contribution is 2.22. The van der Waals surface area contributed by atoms with Gasteiger partial charge in [-0.05, 0) is 29.8 Å². The third-order valence-corrected chi connectivity index (χ3v) is 3.66. The summed E-state index contributed by atoms with van der Waals surface area (Å²) in [5, 5.41) is 15.3. The molecule has 0 radical (unpaired) electrons. The lowest BCUT2D eigenvalue weighted by atomic mass is 10.2. The molecule has 8 heteroatoms. The third kappa shape index (κ3) is 5.11. The van der Waals surface area contributed by atoms with E-state index in [1.54, 1.807) is 6.21 Å². The summed E-state index contributed by atoms with van der Waals surface area (Å²) >= 11 is 1.20. The van der Waals surface area contributed by atoms with Crippen LogP contribution >= 0.6 is 11.3 Å². The molecule has 0 saturated heterocycles. The normalized spacial score (nSPS) is 10.6. The van der Waals surface area contributed by atoms with E-state index in [4.69, 9.17) is 4.74 Å². The van der Waals surface area contributed by atoms with Gasteiger partial charge in [-0.25, -0.2) is 0 Å². The van der Waals surface area contributed by atoms with Crippen molar-refractivity contribution in [1.29, 1.82) is 0 Å². The van der Waals surface area contributed by atoms with E-state index in [1.807, 2.05) is 54.6 Å². The molecule has 0 aliphatic heterocycles. The van der Waals surface area contributed by atoms with Gasteiger partial charge in [-0.1, -0.05) is 41.7 Å². The predicted octanol–water partition coefficient (Wildman–Crippen LogP) is 3.73. The lowest BCUT2D eigenvalue weighted by Crippen LogP contribution is -2.04. The summed E-state index contributed by atoms with van der Waals surface area (Å²) < 4.78 is 5.78. The average Bonchev–Trinajstić information content (AvgIpc) is 3.03. The van der Waals surface area contributed by atoms with Gasteiger partial charge in [0, 0.05) is 6.92 Å². The van der Waals surface area contributed by atoms with E-state index in [1.165, 1.54) is 18.3 Å². The van der Waals surface area contributed by atoms with E-state index in [0.717, 1.165) is 17.1 Å². The summed E-state index contributed by atoms with van der Waals surface area (Å²) in [6, 6.07) is 17.1. The van der Waals surface area contributed by atoms with Gasteiger partial charge in [0.25, 0.3) is 0 Å².